The molecule has 6 nitrogen and oxygen atoms in total. The number of nitrogens with one attached hydrogen (secondary N) is 1. The maximum atomic E-state index is 13.5. The number of aliphatic carboxylic acids is 1. The summed E-state index contributed by atoms with van der Waals surface area (Å²) in [6.45, 7) is 2.34. The standard InChI is InChI=1S/C26H27NO5/c1-3-32-22-15-14-20(16-23(22)31-2)21(17-24(28)29)27-26(30)25(18-10-6-4-7-11-18)19-12-8-5-9-13-19/h4-16,21,25H,3,17H2,1-2H3,(H,27,30)(H,28,29)/t21-/m0/s1. The third-order valence-corrected chi connectivity index (χ3v) is 5.11. The third-order valence-electron chi connectivity index (χ3n) is 5.11. The second kappa shape index (κ2) is 11.0. The first-order valence-electron chi connectivity index (χ1n) is 10.5. The van der Waals surface area contributed by atoms with Crippen LogP contribution >= 0.6 is 0 Å². The molecule has 0 heterocycles. The minimum atomic E-state index is -1.01. The van der Waals surface area contributed by atoms with Gasteiger partial charge in [-0.1, -0.05) is 66.7 Å². The molecule has 0 aliphatic carbocycles. The molecule has 0 saturated heterocycles. The third kappa shape index (κ3) is 5.66. The van der Waals surface area contributed by atoms with Crippen LogP contribution in [0.4, 0.5) is 0 Å². The van der Waals surface area contributed by atoms with Gasteiger partial charge in [-0.25, -0.2) is 0 Å². The van der Waals surface area contributed by atoms with Gasteiger partial charge in [0.15, 0.2) is 11.5 Å². The minimum absolute atomic E-state index is 0.265. The highest BCUT2D eigenvalue weighted by Crippen LogP contribution is 2.32. The summed E-state index contributed by atoms with van der Waals surface area (Å²) in [5.41, 5.74) is 2.28. The van der Waals surface area contributed by atoms with Crippen LogP contribution in [-0.2, 0) is 9.59 Å². The zero-order valence-electron chi connectivity index (χ0n) is 18.2. The molecule has 0 fully saturated rings. The number of carboxylic acids is 1. The first kappa shape index (κ1) is 22.9. The van der Waals surface area contributed by atoms with Gasteiger partial charge in [0.1, 0.15) is 0 Å². The number of amides is 1. The Labute approximate surface area is 187 Å². The molecule has 0 spiro atoms. The van der Waals surface area contributed by atoms with Crippen LogP contribution in [0.25, 0.3) is 0 Å². The molecular weight excluding hydrogens is 406 g/mol. The lowest BCUT2D eigenvalue weighted by Crippen LogP contribution is -2.34. The Kier molecular flexibility index (Phi) is 7.86. The molecular formula is C26H27NO5. The number of benzene rings is 3. The second-order valence-electron chi connectivity index (χ2n) is 7.26. The van der Waals surface area contributed by atoms with Gasteiger partial charge in [0, 0.05) is 0 Å². The smallest absolute Gasteiger partial charge is 0.305 e. The molecule has 0 saturated carbocycles. The monoisotopic (exact) mass is 433 g/mol. The van der Waals surface area contributed by atoms with Crippen LogP contribution in [0.1, 0.15) is 42.0 Å². The lowest BCUT2D eigenvalue weighted by Gasteiger charge is -2.23. The van der Waals surface area contributed by atoms with Crippen molar-refractivity contribution in [2.45, 2.75) is 25.3 Å². The zero-order chi connectivity index (χ0) is 22.9. The van der Waals surface area contributed by atoms with E-state index in [9.17, 15) is 14.7 Å². The van der Waals surface area contributed by atoms with E-state index in [4.69, 9.17) is 9.47 Å². The van der Waals surface area contributed by atoms with E-state index in [1.807, 2.05) is 67.6 Å². The van der Waals surface area contributed by atoms with Crippen molar-refractivity contribution in [3.8, 4) is 11.5 Å². The fourth-order valence-corrected chi connectivity index (χ4v) is 3.64. The molecule has 3 aromatic rings. The van der Waals surface area contributed by atoms with Crippen molar-refractivity contribution in [3.05, 3.63) is 95.6 Å². The highest BCUT2D eigenvalue weighted by atomic mass is 16.5. The summed E-state index contributed by atoms with van der Waals surface area (Å²) < 4.78 is 10.9. The van der Waals surface area contributed by atoms with Crippen molar-refractivity contribution in [1.82, 2.24) is 5.32 Å². The first-order chi connectivity index (χ1) is 15.5. The van der Waals surface area contributed by atoms with Gasteiger partial charge in [0.05, 0.1) is 32.1 Å². The molecule has 32 heavy (non-hydrogen) atoms. The molecule has 0 aliphatic heterocycles. The van der Waals surface area contributed by atoms with Crippen molar-refractivity contribution >= 4 is 11.9 Å². The van der Waals surface area contributed by atoms with Gasteiger partial charge in [0.2, 0.25) is 5.91 Å². The fourth-order valence-electron chi connectivity index (χ4n) is 3.64. The molecule has 6 heteroatoms. The number of carboxylic acid groups (broad SMARTS) is 1. The maximum absolute atomic E-state index is 13.5. The predicted octanol–water partition coefficient (Wildman–Crippen LogP) is 4.56. The van der Waals surface area contributed by atoms with Crippen molar-refractivity contribution < 1.29 is 24.2 Å². The zero-order valence-corrected chi connectivity index (χ0v) is 18.2. The molecule has 3 rings (SSSR count). The summed E-state index contributed by atoms with van der Waals surface area (Å²) in [5.74, 6) is -0.818. The second-order valence-corrected chi connectivity index (χ2v) is 7.26. The van der Waals surface area contributed by atoms with E-state index in [2.05, 4.69) is 5.32 Å². The summed E-state index contributed by atoms with van der Waals surface area (Å²) in [6.07, 6.45) is -0.265. The molecule has 1 atom stereocenters. The highest BCUT2D eigenvalue weighted by molar-refractivity contribution is 5.88. The van der Waals surface area contributed by atoms with Crippen molar-refractivity contribution in [1.29, 1.82) is 0 Å². The van der Waals surface area contributed by atoms with Gasteiger partial charge in [0.25, 0.3) is 0 Å². The SMILES string of the molecule is CCOc1ccc([C@H](CC(=O)O)NC(=O)C(c2ccccc2)c2ccccc2)cc1OC. The number of methoxy groups -OCH3 is 1. The summed E-state index contributed by atoms with van der Waals surface area (Å²) in [6, 6.07) is 23.3. The van der Waals surface area contributed by atoms with Gasteiger partial charge < -0.3 is 19.9 Å². The Hall–Kier alpha value is -3.80. The van der Waals surface area contributed by atoms with E-state index in [1.165, 1.54) is 7.11 Å². The van der Waals surface area contributed by atoms with Gasteiger partial charge in [-0.2, -0.15) is 0 Å². The van der Waals surface area contributed by atoms with Gasteiger partial charge in [-0.05, 0) is 35.7 Å². The quantitative estimate of drug-likeness (QED) is 0.490. The number of ether oxygens (including phenoxy) is 2. The summed E-state index contributed by atoms with van der Waals surface area (Å²) >= 11 is 0. The summed E-state index contributed by atoms with van der Waals surface area (Å²) in [4.78, 5) is 25.1. The van der Waals surface area contributed by atoms with Crippen LogP contribution in [-0.4, -0.2) is 30.7 Å². The van der Waals surface area contributed by atoms with Crippen molar-refractivity contribution in [2.75, 3.05) is 13.7 Å². The Morgan fingerprint density at radius 2 is 1.47 bits per heavy atom. The summed E-state index contributed by atoms with van der Waals surface area (Å²) in [5, 5.41) is 12.4. The molecule has 3 aromatic carbocycles. The van der Waals surface area contributed by atoms with Crippen LogP contribution in [0.2, 0.25) is 0 Å². The van der Waals surface area contributed by atoms with E-state index >= 15 is 0 Å². The van der Waals surface area contributed by atoms with E-state index in [0.29, 0.717) is 23.7 Å². The van der Waals surface area contributed by atoms with Crippen LogP contribution < -0.4 is 14.8 Å². The number of carbonyl (C=O) groups is 2. The molecule has 2 N–H and O–H groups in total. The van der Waals surface area contributed by atoms with Crippen LogP contribution in [0.15, 0.2) is 78.9 Å². The molecule has 0 aromatic heterocycles. The fraction of sp³-hybridized carbons (Fsp3) is 0.231. The Bertz CT molecular complexity index is 997. The normalized spacial score (nSPS) is 11.6. The average molecular weight is 434 g/mol. The van der Waals surface area contributed by atoms with E-state index in [0.717, 1.165) is 11.1 Å². The number of carbonyl (C=O) groups excluding carboxylic acids is 1. The lowest BCUT2D eigenvalue weighted by atomic mass is 9.90. The van der Waals surface area contributed by atoms with Crippen LogP contribution in [0.3, 0.4) is 0 Å². The number of hydrogen-bond donors (Lipinski definition) is 2. The van der Waals surface area contributed by atoms with Gasteiger partial charge >= 0.3 is 5.97 Å². The highest BCUT2D eigenvalue weighted by Gasteiger charge is 2.27. The molecule has 0 unspecified atom stereocenters. The predicted molar refractivity (Wildman–Crippen MR) is 122 cm³/mol. The van der Waals surface area contributed by atoms with E-state index < -0.39 is 17.9 Å². The van der Waals surface area contributed by atoms with E-state index in [1.54, 1.807) is 18.2 Å². The Morgan fingerprint density at radius 3 is 1.97 bits per heavy atom. The Morgan fingerprint density at radius 1 is 0.875 bits per heavy atom. The topological polar surface area (TPSA) is 84.9 Å². The molecule has 0 radical (unpaired) electrons. The molecule has 1 amide bonds. The average Bonchev–Trinajstić information content (AvgIpc) is 2.80. The molecule has 0 aliphatic rings. The molecule has 166 valence electrons. The minimum Gasteiger partial charge on any atom is -0.493 e. The van der Waals surface area contributed by atoms with Crippen LogP contribution in [0.5, 0.6) is 11.5 Å². The lowest BCUT2D eigenvalue weighted by molar-refractivity contribution is -0.137. The van der Waals surface area contributed by atoms with E-state index in [-0.39, 0.29) is 12.3 Å². The first-order valence-corrected chi connectivity index (χ1v) is 10.5. The summed E-state index contributed by atoms with van der Waals surface area (Å²) in [7, 11) is 1.52. The number of hydrogen-bond acceptors (Lipinski definition) is 4. The largest absolute Gasteiger partial charge is 0.493 e. The van der Waals surface area contributed by atoms with Crippen molar-refractivity contribution in [3.63, 3.8) is 0 Å². The number of rotatable bonds is 10. The maximum Gasteiger partial charge on any atom is 0.305 e. The van der Waals surface area contributed by atoms with Crippen molar-refractivity contribution in [2.24, 2.45) is 0 Å². The van der Waals surface area contributed by atoms with Crippen LogP contribution in [0, 0.1) is 0 Å². The van der Waals surface area contributed by atoms with Gasteiger partial charge in [-0.15, -0.1) is 0 Å². The Balaban J connectivity index is 1.95. The van der Waals surface area contributed by atoms with Gasteiger partial charge in [-0.3, -0.25) is 9.59 Å². The molecule has 0 bridgehead atoms.